The monoisotopic (exact) mass is 261 g/mol. The highest BCUT2D eigenvalue weighted by molar-refractivity contribution is 5.17. The van der Waals surface area contributed by atoms with Crippen LogP contribution in [0.25, 0.3) is 0 Å². The van der Waals surface area contributed by atoms with E-state index in [4.69, 9.17) is 4.84 Å². The molecule has 19 heavy (non-hydrogen) atoms. The van der Waals surface area contributed by atoms with E-state index in [1.54, 1.807) is 0 Å². The van der Waals surface area contributed by atoms with E-state index >= 15 is 0 Å². The summed E-state index contributed by atoms with van der Waals surface area (Å²) in [6.45, 7) is 10.3. The van der Waals surface area contributed by atoms with Crippen LogP contribution in [0, 0.1) is 0 Å². The minimum absolute atomic E-state index is 0.246. The van der Waals surface area contributed by atoms with Crippen molar-refractivity contribution in [2.45, 2.75) is 52.2 Å². The van der Waals surface area contributed by atoms with Crippen LogP contribution in [0.5, 0.6) is 0 Å². The summed E-state index contributed by atoms with van der Waals surface area (Å²) in [5.41, 5.74) is 2.53. The van der Waals surface area contributed by atoms with Crippen molar-refractivity contribution in [2.24, 2.45) is 0 Å². The third kappa shape index (κ3) is 6.04. The predicted molar refractivity (Wildman–Crippen MR) is 81.8 cm³/mol. The lowest BCUT2D eigenvalue weighted by molar-refractivity contribution is -0.200. The highest BCUT2D eigenvalue weighted by Crippen LogP contribution is 2.20. The van der Waals surface area contributed by atoms with Crippen LogP contribution >= 0.6 is 0 Å². The first kappa shape index (κ1) is 15.9. The second kappa shape index (κ2) is 8.13. The van der Waals surface area contributed by atoms with Crippen LogP contribution < -0.4 is 0 Å². The van der Waals surface area contributed by atoms with Gasteiger partial charge < -0.3 is 0 Å². The fourth-order valence-corrected chi connectivity index (χ4v) is 2.06. The van der Waals surface area contributed by atoms with Crippen LogP contribution in [0.4, 0.5) is 0 Å². The third-order valence-electron chi connectivity index (χ3n) is 3.39. The Morgan fingerprint density at radius 1 is 1.26 bits per heavy atom. The Hall–Kier alpha value is -1.12. The fraction of sp³-hybridized carbons (Fsp3) is 0.529. The van der Waals surface area contributed by atoms with Crippen LogP contribution in [0.3, 0.4) is 0 Å². The zero-order valence-electron chi connectivity index (χ0n) is 12.7. The molecule has 0 aliphatic carbocycles. The maximum atomic E-state index is 5.95. The maximum absolute atomic E-state index is 5.95. The summed E-state index contributed by atoms with van der Waals surface area (Å²) in [5, 5.41) is 1.96. The quantitative estimate of drug-likeness (QED) is 0.495. The number of hydroxylamine groups is 2. The van der Waals surface area contributed by atoms with Gasteiger partial charge >= 0.3 is 0 Å². The molecule has 106 valence electrons. The van der Waals surface area contributed by atoms with Crippen molar-refractivity contribution in [2.75, 3.05) is 7.05 Å². The van der Waals surface area contributed by atoms with Crippen molar-refractivity contribution >= 4 is 0 Å². The summed E-state index contributed by atoms with van der Waals surface area (Å²) >= 11 is 0. The van der Waals surface area contributed by atoms with Crippen LogP contribution in [-0.2, 0) is 4.84 Å². The molecular formula is C17H27NO. The lowest BCUT2D eigenvalue weighted by Crippen LogP contribution is -2.27. The number of benzene rings is 1. The lowest BCUT2D eigenvalue weighted by Gasteiger charge is -2.27. The van der Waals surface area contributed by atoms with E-state index in [0.29, 0.717) is 0 Å². The third-order valence-corrected chi connectivity index (χ3v) is 3.39. The molecule has 0 amide bonds. The SMILES string of the molecule is C=C(C)CCC[C@@H](C)ON(C)[C@H](C)c1ccccc1. The van der Waals surface area contributed by atoms with E-state index in [0.717, 1.165) is 19.3 Å². The summed E-state index contributed by atoms with van der Waals surface area (Å²) in [5.74, 6) is 0. The molecule has 1 aromatic carbocycles. The van der Waals surface area contributed by atoms with Gasteiger partial charge in [-0.15, -0.1) is 6.58 Å². The molecule has 2 atom stereocenters. The molecule has 0 aliphatic heterocycles. The summed E-state index contributed by atoms with van der Waals surface area (Å²) in [6, 6.07) is 10.7. The van der Waals surface area contributed by atoms with E-state index in [9.17, 15) is 0 Å². The van der Waals surface area contributed by atoms with Crippen LogP contribution in [0.1, 0.15) is 51.6 Å². The molecule has 0 radical (unpaired) electrons. The summed E-state index contributed by atoms with van der Waals surface area (Å²) in [4.78, 5) is 5.95. The number of allylic oxidation sites excluding steroid dienone is 1. The zero-order valence-corrected chi connectivity index (χ0v) is 12.7. The molecule has 0 saturated carbocycles. The first-order chi connectivity index (χ1) is 9.00. The highest BCUT2D eigenvalue weighted by atomic mass is 16.7. The normalized spacial score (nSPS) is 14.4. The molecule has 0 N–H and O–H groups in total. The van der Waals surface area contributed by atoms with Gasteiger partial charge in [-0.25, -0.2) is 0 Å². The van der Waals surface area contributed by atoms with Crippen molar-refractivity contribution in [3.8, 4) is 0 Å². The molecule has 2 heteroatoms. The van der Waals surface area contributed by atoms with Gasteiger partial charge in [0.15, 0.2) is 0 Å². The van der Waals surface area contributed by atoms with Gasteiger partial charge in [-0.05, 0) is 45.6 Å². The Morgan fingerprint density at radius 3 is 2.47 bits per heavy atom. The number of hydrogen-bond donors (Lipinski definition) is 0. The molecule has 0 aromatic heterocycles. The second-order valence-corrected chi connectivity index (χ2v) is 5.40. The van der Waals surface area contributed by atoms with E-state index in [1.165, 1.54) is 11.1 Å². The molecule has 1 rings (SSSR count). The molecule has 0 spiro atoms. The van der Waals surface area contributed by atoms with Crippen LogP contribution in [0.15, 0.2) is 42.5 Å². The molecular weight excluding hydrogens is 234 g/mol. The Kier molecular flexibility index (Phi) is 6.82. The van der Waals surface area contributed by atoms with Gasteiger partial charge in [0.25, 0.3) is 0 Å². The Morgan fingerprint density at radius 2 is 1.89 bits per heavy atom. The van der Waals surface area contributed by atoms with Gasteiger partial charge in [0.05, 0.1) is 12.1 Å². The molecule has 0 unspecified atom stereocenters. The first-order valence-electron chi connectivity index (χ1n) is 7.09. The molecule has 1 aromatic rings. The fourth-order valence-electron chi connectivity index (χ4n) is 2.06. The Labute approximate surface area is 118 Å². The van der Waals surface area contributed by atoms with E-state index in [1.807, 2.05) is 18.2 Å². The average Bonchev–Trinajstić information content (AvgIpc) is 2.38. The molecule has 0 fully saturated rings. The highest BCUT2D eigenvalue weighted by Gasteiger charge is 2.14. The largest absolute Gasteiger partial charge is 0.296 e. The Balaban J connectivity index is 2.37. The minimum atomic E-state index is 0.246. The number of nitrogens with zero attached hydrogens (tertiary/aromatic N) is 1. The average molecular weight is 261 g/mol. The predicted octanol–water partition coefficient (Wildman–Crippen LogP) is 4.75. The molecule has 0 saturated heterocycles. The van der Waals surface area contributed by atoms with Gasteiger partial charge in [0.1, 0.15) is 0 Å². The summed E-state index contributed by atoms with van der Waals surface area (Å²) in [6.07, 6.45) is 3.55. The Bertz CT molecular complexity index is 374. The van der Waals surface area contributed by atoms with Crippen LogP contribution in [0.2, 0.25) is 0 Å². The summed E-state index contributed by atoms with van der Waals surface area (Å²) in [7, 11) is 2.01. The van der Waals surface area contributed by atoms with Crippen molar-refractivity contribution < 1.29 is 4.84 Å². The van der Waals surface area contributed by atoms with E-state index < -0.39 is 0 Å². The van der Waals surface area contributed by atoms with Crippen molar-refractivity contribution in [1.29, 1.82) is 0 Å². The van der Waals surface area contributed by atoms with Gasteiger partial charge in [0, 0.05) is 7.05 Å². The van der Waals surface area contributed by atoms with Crippen molar-refractivity contribution in [3.05, 3.63) is 48.0 Å². The molecule has 0 heterocycles. The van der Waals surface area contributed by atoms with Gasteiger partial charge in [-0.1, -0.05) is 35.9 Å². The first-order valence-corrected chi connectivity index (χ1v) is 7.09. The maximum Gasteiger partial charge on any atom is 0.0765 e. The molecule has 0 bridgehead atoms. The smallest absolute Gasteiger partial charge is 0.0765 e. The van der Waals surface area contributed by atoms with Gasteiger partial charge in [-0.2, -0.15) is 5.06 Å². The molecule has 2 nitrogen and oxygen atoms in total. The van der Waals surface area contributed by atoms with E-state index in [-0.39, 0.29) is 12.1 Å². The van der Waals surface area contributed by atoms with E-state index in [2.05, 4.69) is 51.6 Å². The van der Waals surface area contributed by atoms with Gasteiger partial charge in [0.2, 0.25) is 0 Å². The van der Waals surface area contributed by atoms with Crippen molar-refractivity contribution in [1.82, 2.24) is 5.06 Å². The zero-order chi connectivity index (χ0) is 14.3. The molecule has 0 aliphatic rings. The lowest BCUT2D eigenvalue weighted by atomic mass is 10.1. The van der Waals surface area contributed by atoms with Crippen molar-refractivity contribution in [3.63, 3.8) is 0 Å². The number of hydrogen-bond acceptors (Lipinski definition) is 2. The van der Waals surface area contributed by atoms with Crippen LogP contribution in [-0.4, -0.2) is 18.2 Å². The summed E-state index contributed by atoms with van der Waals surface area (Å²) < 4.78 is 0. The second-order valence-electron chi connectivity index (χ2n) is 5.40. The van der Waals surface area contributed by atoms with Gasteiger partial charge in [-0.3, -0.25) is 4.84 Å². The topological polar surface area (TPSA) is 12.5 Å². The number of rotatable bonds is 8. The standard InChI is InChI=1S/C17H27NO/c1-14(2)10-9-11-15(3)19-18(5)16(4)17-12-7-6-8-13-17/h6-8,12-13,15-16H,1,9-11H2,2-5H3/t15-,16-/m1/s1. The minimum Gasteiger partial charge on any atom is -0.296 e.